The number of amides is 1. The Bertz CT molecular complexity index is 1230. The summed E-state index contributed by atoms with van der Waals surface area (Å²) in [6, 6.07) is 15.5. The highest BCUT2D eigenvalue weighted by molar-refractivity contribution is 5.71. The van der Waals surface area contributed by atoms with Crippen molar-refractivity contribution in [3.63, 3.8) is 0 Å². The molecule has 0 bridgehead atoms. The van der Waals surface area contributed by atoms with Crippen LogP contribution in [0.15, 0.2) is 66.7 Å². The van der Waals surface area contributed by atoms with Gasteiger partial charge < -0.3 is 14.7 Å². The first-order valence-corrected chi connectivity index (χ1v) is 11.2. The molecule has 1 N–H and O–H groups in total. The molecule has 0 radical (unpaired) electrons. The summed E-state index contributed by atoms with van der Waals surface area (Å²) in [7, 11) is 0. The number of rotatable bonds is 7. The van der Waals surface area contributed by atoms with E-state index in [0.717, 1.165) is 11.6 Å². The van der Waals surface area contributed by atoms with Crippen molar-refractivity contribution >= 4 is 12.1 Å². The Hall–Kier alpha value is -3.81. The Kier molecular flexibility index (Phi) is 6.82. The first-order chi connectivity index (χ1) is 16.7. The van der Waals surface area contributed by atoms with Crippen LogP contribution in [-0.4, -0.2) is 28.6 Å². The Morgan fingerprint density at radius 2 is 1.69 bits per heavy atom. The molecule has 3 aromatic rings. The Labute approximate surface area is 200 Å². The van der Waals surface area contributed by atoms with E-state index in [2.05, 4.69) is 0 Å². The number of carboxylic acid groups (broad SMARTS) is 1. The monoisotopic (exact) mass is 483 g/mol. The predicted octanol–water partition coefficient (Wildman–Crippen LogP) is 6.43. The number of hydrogen-bond donors (Lipinski definition) is 1. The number of halogens is 3. The lowest BCUT2D eigenvalue weighted by molar-refractivity contribution is -0.139. The van der Waals surface area contributed by atoms with Crippen LogP contribution in [0.2, 0.25) is 0 Å². The molecular weight excluding hydrogens is 459 g/mol. The fourth-order valence-corrected chi connectivity index (χ4v) is 4.45. The zero-order valence-corrected chi connectivity index (χ0v) is 19.0. The minimum absolute atomic E-state index is 0.0693. The lowest BCUT2D eigenvalue weighted by atomic mass is 9.84. The van der Waals surface area contributed by atoms with E-state index < -0.39 is 35.1 Å². The van der Waals surface area contributed by atoms with E-state index in [4.69, 9.17) is 4.74 Å². The van der Waals surface area contributed by atoms with Crippen molar-refractivity contribution in [2.45, 2.75) is 37.8 Å². The number of benzene rings is 3. The van der Waals surface area contributed by atoms with Crippen LogP contribution in [0, 0.1) is 17.5 Å². The maximum Gasteiger partial charge on any atom is 0.411 e. The van der Waals surface area contributed by atoms with Crippen LogP contribution in [0.3, 0.4) is 0 Å². The Morgan fingerprint density at radius 3 is 2.29 bits per heavy atom. The number of carbonyl (C=O) groups is 2. The van der Waals surface area contributed by atoms with Crippen LogP contribution in [0.1, 0.15) is 43.4 Å². The number of carbonyl (C=O) groups excluding carboxylic acids is 1. The third kappa shape index (κ3) is 5.16. The first kappa shape index (κ1) is 24.3. The molecule has 1 heterocycles. The second kappa shape index (κ2) is 9.82. The zero-order valence-electron chi connectivity index (χ0n) is 19.0. The number of carboxylic acids is 1. The van der Waals surface area contributed by atoms with Crippen molar-refractivity contribution in [1.29, 1.82) is 0 Å². The first-order valence-electron chi connectivity index (χ1n) is 11.2. The SMILES string of the molecule is C[C@@H](c1ccc(-c2ccc(F)cc2F)cc1)N1CC[C@](CCC(=O)O)(c2ccc(F)cc2)OC1=O. The van der Waals surface area contributed by atoms with Crippen molar-refractivity contribution in [3.05, 3.63) is 95.3 Å². The van der Waals surface area contributed by atoms with Gasteiger partial charge in [-0.15, -0.1) is 0 Å². The molecule has 182 valence electrons. The van der Waals surface area contributed by atoms with Gasteiger partial charge in [0.15, 0.2) is 0 Å². The fourth-order valence-electron chi connectivity index (χ4n) is 4.45. The van der Waals surface area contributed by atoms with Crippen LogP contribution in [0.25, 0.3) is 11.1 Å². The van der Waals surface area contributed by atoms with Gasteiger partial charge in [-0.05, 0) is 47.9 Å². The van der Waals surface area contributed by atoms with E-state index in [9.17, 15) is 27.9 Å². The molecule has 1 amide bonds. The lowest BCUT2D eigenvalue weighted by Crippen LogP contribution is -2.49. The summed E-state index contributed by atoms with van der Waals surface area (Å²) in [6.07, 6.45) is -0.408. The highest BCUT2D eigenvalue weighted by atomic mass is 19.1. The molecule has 0 aliphatic carbocycles. The van der Waals surface area contributed by atoms with Gasteiger partial charge >= 0.3 is 12.1 Å². The van der Waals surface area contributed by atoms with Gasteiger partial charge in [0, 0.05) is 37.4 Å². The minimum Gasteiger partial charge on any atom is -0.481 e. The van der Waals surface area contributed by atoms with Crippen LogP contribution < -0.4 is 0 Å². The molecule has 2 atom stereocenters. The zero-order chi connectivity index (χ0) is 25.2. The number of nitrogens with zero attached hydrogens (tertiary/aromatic N) is 1. The van der Waals surface area contributed by atoms with Gasteiger partial charge in [0.2, 0.25) is 0 Å². The van der Waals surface area contributed by atoms with Crippen molar-refractivity contribution < 1.29 is 32.6 Å². The van der Waals surface area contributed by atoms with Gasteiger partial charge in [-0.25, -0.2) is 18.0 Å². The summed E-state index contributed by atoms with van der Waals surface area (Å²) in [5.74, 6) is -2.77. The molecule has 35 heavy (non-hydrogen) atoms. The molecule has 0 aromatic heterocycles. The van der Waals surface area contributed by atoms with E-state index in [1.165, 1.54) is 41.3 Å². The fraction of sp³-hybridized carbons (Fsp3) is 0.259. The molecule has 0 unspecified atom stereocenters. The molecule has 1 aliphatic rings. The summed E-state index contributed by atoms with van der Waals surface area (Å²) >= 11 is 0. The summed E-state index contributed by atoms with van der Waals surface area (Å²) in [5, 5.41) is 9.19. The Balaban J connectivity index is 1.53. The van der Waals surface area contributed by atoms with E-state index in [1.54, 1.807) is 24.3 Å². The number of aliphatic carboxylic acids is 1. The van der Waals surface area contributed by atoms with Crippen molar-refractivity contribution in [1.82, 2.24) is 4.90 Å². The molecule has 0 spiro atoms. The van der Waals surface area contributed by atoms with Crippen LogP contribution in [0.5, 0.6) is 0 Å². The molecule has 1 aliphatic heterocycles. The molecule has 0 saturated carbocycles. The Morgan fingerprint density at radius 1 is 1.03 bits per heavy atom. The van der Waals surface area contributed by atoms with E-state index in [-0.39, 0.29) is 24.4 Å². The third-order valence-electron chi connectivity index (χ3n) is 6.49. The largest absolute Gasteiger partial charge is 0.481 e. The van der Waals surface area contributed by atoms with E-state index in [1.807, 2.05) is 6.92 Å². The van der Waals surface area contributed by atoms with Crippen molar-refractivity contribution in [2.75, 3.05) is 6.54 Å². The van der Waals surface area contributed by atoms with Crippen molar-refractivity contribution in [2.24, 2.45) is 0 Å². The quantitative estimate of drug-likeness (QED) is 0.420. The highest BCUT2D eigenvalue weighted by Crippen LogP contribution is 2.40. The average molecular weight is 483 g/mol. The van der Waals surface area contributed by atoms with Gasteiger partial charge in [0.1, 0.15) is 23.1 Å². The smallest absolute Gasteiger partial charge is 0.411 e. The van der Waals surface area contributed by atoms with Crippen LogP contribution in [-0.2, 0) is 15.1 Å². The van der Waals surface area contributed by atoms with Gasteiger partial charge in [-0.3, -0.25) is 4.79 Å². The molecule has 1 saturated heterocycles. The highest BCUT2D eigenvalue weighted by Gasteiger charge is 2.43. The molecular formula is C27H24F3NO4. The topological polar surface area (TPSA) is 66.8 Å². The van der Waals surface area contributed by atoms with Gasteiger partial charge in [0.25, 0.3) is 0 Å². The average Bonchev–Trinajstić information content (AvgIpc) is 2.83. The molecule has 5 nitrogen and oxygen atoms in total. The van der Waals surface area contributed by atoms with Gasteiger partial charge in [-0.1, -0.05) is 36.4 Å². The number of ether oxygens (including phenoxy) is 1. The summed E-state index contributed by atoms with van der Waals surface area (Å²) in [6.45, 7) is 2.13. The normalized spacial score (nSPS) is 18.7. The number of cyclic esters (lactones) is 1. The second-order valence-electron chi connectivity index (χ2n) is 8.63. The molecule has 8 heteroatoms. The molecule has 4 rings (SSSR count). The third-order valence-corrected chi connectivity index (χ3v) is 6.49. The van der Waals surface area contributed by atoms with E-state index in [0.29, 0.717) is 24.1 Å². The second-order valence-corrected chi connectivity index (χ2v) is 8.63. The maximum atomic E-state index is 14.1. The van der Waals surface area contributed by atoms with Crippen molar-refractivity contribution in [3.8, 4) is 11.1 Å². The standard InChI is InChI=1S/C27H24F3NO4/c1-17(18-2-4-19(5-3-18)23-11-10-22(29)16-24(23)30)31-15-14-27(35-26(31)34,13-12-25(32)33)20-6-8-21(28)9-7-20/h2-11,16-17H,12-15H2,1H3,(H,32,33)/t17-,27+/m0/s1. The summed E-state index contributed by atoms with van der Waals surface area (Å²) in [5.41, 5.74) is 1.01. The summed E-state index contributed by atoms with van der Waals surface area (Å²) in [4.78, 5) is 25.8. The lowest BCUT2D eigenvalue weighted by Gasteiger charge is -2.43. The predicted molar refractivity (Wildman–Crippen MR) is 123 cm³/mol. The molecule has 3 aromatic carbocycles. The number of hydrogen-bond acceptors (Lipinski definition) is 3. The minimum atomic E-state index is -1.16. The van der Waals surface area contributed by atoms with Gasteiger partial charge in [-0.2, -0.15) is 0 Å². The molecule has 1 fully saturated rings. The van der Waals surface area contributed by atoms with Gasteiger partial charge in [0.05, 0.1) is 6.04 Å². The van der Waals surface area contributed by atoms with E-state index >= 15 is 0 Å². The summed E-state index contributed by atoms with van der Waals surface area (Å²) < 4.78 is 46.6. The maximum absolute atomic E-state index is 14.1. The van der Waals surface area contributed by atoms with Crippen LogP contribution in [0.4, 0.5) is 18.0 Å². The van der Waals surface area contributed by atoms with Crippen LogP contribution >= 0.6 is 0 Å².